The molecular weight excluding hydrogens is 334 g/mol. The van der Waals surface area contributed by atoms with Gasteiger partial charge in [0.2, 0.25) is 11.8 Å². The molecule has 1 aromatic rings. The van der Waals surface area contributed by atoms with Gasteiger partial charge in [-0.25, -0.2) is 4.79 Å². The topological polar surface area (TPSA) is 79.0 Å². The van der Waals surface area contributed by atoms with Crippen LogP contribution in [-0.2, 0) is 20.7 Å². The van der Waals surface area contributed by atoms with Crippen molar-refractivity contribution in [1.29, 1.82) is 0 Å². The van der Waals surface area contributed by atoms with Crippen molar-refractivity contribution in [3.63, 3.8) is 0 Å². The summed E-state index contributed by atoms with van der Waals surface area (Å²) in [4.78, 5) is 42.4. The first-order chi connectivity index (χ1) is 12.3. The highest BCUT2D eigenvalue weighted by Gasteiger charge is 2.63. The van der Waals surface area contributed by atoms with Gasteiger partial charge in [0.25, 0.3) is 0 Å². The fourth-order valence-electron chi connectivity index (χ4n) is 4.37. The number of carbonyl (C=O) groups excluding carboxylic acids is 3. The number of nitrogens with one attached hydrogen (secondary N) is 1. The molecule has 0 bridgehead atoms. The van der Waals surface area contributed by atoms with Gasteiger partial charge in [-0.2, -0.15) is 0 Å². The molecule has 4 amide bonds. The van der Waals surface area contributed by atoms with E-state index in [1.165, 1.54) is 4.90 Å². The Morgan fingerprint density at radius 2 is 1.92 bits per heavy atom. The first-order valence-electron chi connectivity index (χ1n) is 8.89. The number of benzene rings is 1. The van der Waals surface area contributed by atoms with Crippen LogP contribution < -0.4 is 10.2 Å². The van der Waals surface area contributed by atoms with Crippen LogP contribution in [0.4, 0.5) is 10.5 Å². The molecule has 26 heavy (non-hydrogen) atoms. The van der Waals surface area contributed by atoms with Crippen molar-refractivity contribution in [2.24, 2.45) is 5.41 Å². The zero-order valence-electron chi connectivity index (χ0n) is 15.2. The second-order valence-electron chi connectivity index (χ2n) is 8.13. The smallest absolute Gasteiger partial charge is 0.331 e. The molecule has 7 nitrogen and oxygen atoms in total. The van der Waals surface area contributed by atoms with E-state index >= 15 is 0 Å². The van der Waals surface area contributed by atoms with Gasteiger partial charge in [-0.15, -0.1) is 0 Å². The Bertz CT molecular complexity index is 800. The van der Waals surface area contributed by atoms with E-state index in [0.29, 0.717) is 13.2 Å². The van der Waals surface area contributed by atoms with Gasteiger partial charge in [-0.1, -0.05) is 18.2 Å². The summed E-state index contributed by atoms with van der Waals surface area (Å²) in [5, 5.41) is 2.44. The number of morpholine rings is 1. The molecule has 4 rings (SSSR count). The fraction of sp³-hybridized carbons (Fsp3) is 0.526. The zero-order valence-corrected chi connectivity index (χ0v) is 15.2. The predicted molar refractivity (Wildman–Crippen MR) is 94.7 cm³/mol. The Balaban J connectivity index is 1.89. The Morgan fingerprint density at radius 3 is 2.65 bits per heavy atom. The van der Waals surface area contributed by atoms with E-state index < -0.39 is 34.8 Å². The lowest BCUT2D eigenvalue weighted by Gasteiger charge is -2.54. The Morgan fingerprint density at radius 1 is 1.19 bits per heavy atom. The molecule has 1 aromatic carbocycles. The van der Waals surface area contributed by atoms with Crippen LogP contribution in [-0.4, -0.2) is 54.1 Å². The van der Waals surface area contributed by atoms with Crippen molar-refractivity contribution in [3.05, 3.63) is 29.8 Å². The minimum absolute atomic E-state index is 0.262. The normalized spacial score (nSPS) is 28.7. The minimum atomic E-state index is -1.37. The predicted octanol–water partition coefficient (Wildman–Crippen LogP) is 1.31. The minimum Gasteiger partial charge on any atom is -0.377 e. The molecule has 0 radical (unpaired) electrons. The van der Waals surface area contributed by atoms with E-state index in [-0.39, 0.29) is 13.0 Å². The molecule has 1 spiro atoms. The van der Waals surface area contributed by atoms with Gasteiger partial charge in [0, 0.05) is 17.8 Å². The lowest BCUT2D eigenvalue weighted by Crippen LogP contribution is -2.75. The monoisotopic (exact) mass is 357 g/mol. The maximum Gasteiger partial charge on any atom is 0.331 e. The summed E-state index contributed by atoms with van der Waals surface area (Å²) < 4.78 is 5.65. The average molecular weight is 357 g/mol. The Labute approximate surface area is 152 Å². The van der Waals surface area contributed by atoms with Crippen LogP contribution in [0, 0.1) is 5.41 Å². The molecule has 2 fully saturated rings. The molecule has 0 unspecified atom stereocenters. The van der Waals surface area contributed by atoms with Crippen molar-refractivity contribution in [3.8, 4) is 0 Å². The highest BCUT2D eigenvalue weighted by molar-refractivity contribution is 6.20. The van der Waals surface area contributed by atoms with Gasteiger partial charge in [-0.05, 0) is 38.8 Å². The van der Waals surface area contributed by atoms with E-state index in [1.54, 1.807) is 20.8 Å². The number of rotatable bonds is 0. The lowest BCUT2D eigenvalue weighted by atomic mass is 9.68. The first-order valence-corrected chi connectivity index (χ1v) is 8.89. The fourth-order valence-corrected chi connectivity index (χ4v) is 4.37. The van der Waals surface area contributed by atoms with E-state index in [9.17, 15) is 14.4 Å². The standard InChI is InChI=1S/C19H23N3O4/c1-18(2,3)22-16(24)19(15(23)20-17(22)25)10-12-6-4-5-7-13(12)21-8-9-26-11-14(19)21/h4-7,14H,8-11H2,1-3H3,(H,20,23,25)/t14-,19+/m0/s1. The third kappa shape index (κ3) is 2.19. The summed E-state index contributed by atoms with van der Waals surface area (Å²) in [6, 6.07) is 6.74. The maximum atomic E-state index is 13.6. The summed E-state index contributed by atoms with van der Waals surface area (Å²) in [7, 11) is 0. The van der Waals surface area contributed by atoms with Crippen LogP contribution in [0.25, 0.3) is 0 Å². The van der Waals surface area contributed by atoms with Crippen molar-refractivity contribution >= 4 is 23.5 Å². The second-order valence-corrected chi connectivity index (χ2v) is 8.13. The molecule has 3 aliphatic rings. The lowest BCUT2D eigenvalue weighted by molar-refractivity contribution is -0.159. The summed E-state index contributed by atoms with van der Waals surface area (Å²) >= 11 is 0. The van der Waals surface area contributed by atoms with Crippen molar-refractivity contribution < 1.29 is 19.1 Å². The zero-order chi connectivity index (χ0) is 18.7. The van der Waals surface area contributed by atoms with Gasteiger partial charge in [-0.3, -0.25) is 19.8 Å². The molecule has 3 aliphatic heterocycles. The SMILES string of the molecule is CC(C)(C)N1C(=O)NC(=O)[C@]2(Cc3ccccc3N3CCOC[C@H]32)C1=O. The van der Waals surface area contributed by atoms with Gasteiger partial charge in [0.05, 0.1) is 19.3 Å². The molecule has 7 heteroatoms. The average Bonchev–Trinajstić information content (AvgIpc) is 2.58. The summed E-state index contributed by atoms with van der Waals surface area (Å²) in [5.74, 6) is -0.961. The number of nitrogens with zero attached hydrogens (tertiary/aromatic N) is 2. The van der Waals surface area contributed by atoms with Crippen LogP contribution in [0.1, 0.15) is 26.3 Å². The molecule has 2 atom stereocenters. The number of amides is 4. The number of urea groups is 1. The quantitative estimate of drug-likeness (QED) is 0.709. The molecule has 1 N–H and O–H groups in total. The number of ether oxygens (including phenoxy) is 1. The van der Waals surface area contributed by atoms with Crippen LogP contribution in [0.3, 0.4) is 0 Å². The van der Waals surface area contributed by atoms with Crippen LogP contribution in [0.15, 0.2) is 24.3 Å². The van der Waals surface area contributed by atoms with E-state index in [0.717, 1.165) is 11.3 Å². The van der Waals surface area contributed by atoms with Crippen LogP contribution >= 0.6 is 0 Å². The van der Waals surface area contributed by atoms with Crippen LogP contribution in [0.5, 0.6) is 0 Å². The molecule has 3 heterocycles. The molecule has 2 saturated heterocycles. The third-order valence-electron chi connectivity index (χ3n) is 5.55. The summed E-state index contributed by atoms with van der Waals surface area (Å²) in [5.41, 5.74) is -0.120. The van der Waals surface area contributed by atoms with Gasteiger partial charge >= 0.3 is 6.03 Å². The van der Waals surface area contributed by atoms with Gasteiger partial charge in [0.1, 0.15) is 0 Å². The van der Waals surface area contributed by atoms with Crippen molar-refractivity contribution in [2.45, 2.75) is 38.8 Å². The van der Waals surface area contributed by atoms with Crippen LogP contribution in [0.2, 0.25) is 0 Å². The number of imide groups is 2. The molecule has 0 aliphatic carbocycles. The van der Waals surface area contributed by atoms with Gasteiger partial charge < -0.3 is 9.64 Å². The third-order valence-corrected chi connectivity index (χ3v) is 5.55. The largest absolute Gasteiger partial charge is 0.377 e. The molecule has 0 saturated carbocycles. The Kier molecular flexibility index (Phi) is 3.63. The second kappa shape index (κ2) is 5.54. The summed E-state index contributed by atoms with van der Waals surface area (Å²) in [6.07, 6.45) is 0.262. The Hall–Kier alpha value is -2.41. The molecule has 138 valence electrons. The number of hydrogen-bond donors (Lipinski definition) is 1. The van der Waals surface area contributed by atoms with Gasteiger partial charge in [0.15, 0.2) is 5.41 Å². The van der Waals surface area contributed by atoms with Crippen molar-refractivity contribution in [2.75, 3.05) is 24.7 Å². The number of barbiturate groups is 1. The van der Waals surface area contributed by atoms with E-state index in [1.807, 2.05) is 24.3 Å². The van der Waals surface area contributed by atoms with Crippen molar-refractivity contribution in [1.82, 2.24) is 10.2 Å². The number of carbonyl (C=O) groups is 3. The van der Waals surface area contributed by atoms with E-state index in [2.05, 4.69) is 10.2 Å². The highest BCUT2D eigenvalue weighted by Crippen LogP contribution is 2.46. The first kappa shape index (κ1) is 17.0. The maximum absolute atomic E-state index is 13.6. The molecular formula is C19H23N3O4. The number of anilines is 1. The summed E-state index contributed by atoms with van der Waals surface area (Å²) in [6.45, 7) is 6.80. The number of fused-ring (bicyclic) bond motifs is 4. The molecule has 0 aromatic heterocycles. The van der Waals surface area contributed by atoms with E-state index in [4.69, 9.17) is 4.74 Å². The number of hydrogen-bond acceptors (Lipinski definition) is 5. The number of para-hydroxylation sites is 1. The highest BCUT2D eigenvalue weighted by atomic mass is 16.5.